The van der Waals surface area contributed by atoms with E-state index in [1.807, 2.05) is 0 Å². The molecule has 1 aromatic carbocycles. The van der Waals surface area contributed by atoms with Crippen molar-refractivity contribution in [3.63, 3.8) is 0 Å². The van der Waals surface area contributed by atoms with E-state index in [1.54, 1.807) is 17.0 Å². The van der Waals surface area contributed by atoms with E-state index in [1.165, 1.54) is 6.07 Å². The number of halogens is 1. The van der Waals surface area contributed by atoms with Gasteiger partial charge in [-0.2, -0.15) is 0 Å². The Bertz CT molecular complexity index is 422. The molecule has 0 bridgehead atoms. The molecule has 0 radical (unpaired) electrons. The zero-order valence-corrected chi connectivity index (χ0v) is 9.31. The van der Waals surface area contributed by atoms with Crippen LogP contribution in [0, 0.1) is 0 Å². The molecule has 0 unspecified atom stereocenters. The van der Waals surface area contributed by atoms with E-state index >= 15 is 0 Å². The second-order valence-electron chi connectivity index (χ2n) is 3.80. The van der Waals surface area contributed by atoms with Crippen molar-refractivity contribution in [3.8, 4) is 5.75 Å². The van der Waals surface area contributed by atoms with Crippen LogP contribution in [-0.4, -0.2) is 28.8 Å². The Morgan fingerprint density at radius 3 is 2.94 bits per heavy atom. The van der Waals surface area contributed by atoms with Gasteiger partial charge in [0.15, 0.2) is 0 Å². The Hall–Kier alpha value is -1.42. The second-order valence-corrected chi connectivity index (χ2v) is 4.18. The fourth-order valence-electron chi connectivity index (χ4n) is 2.04. The lowest BCUT2D eigenvalue weighted by molar-refractivity contribution is -0.138. The van der Waals surface area contributed by atoms with E-state index < -0.39 is 12.0 Å². The number of aromatic hydroxyl groups is 1. The highest BCUT2D eigenvalue weighted by atomic mass is 35.5. The number of hydrogen-bond acceptors (Lipinski definition) is 3. The minimum atomic E-state index is -0.850. The van der Waals surface area contributed by atoms with Gasteiger partial charge in [-0.1, -0.05) is 17.7 Å². The SMILES string of the molecule is O=C(O)[C@@H]1CCCN1c1cccc(O)c1Cl. The number of carboxylic acids is 1. The molecule has 1 heterocycles. The van der Waals surface area contributed by atoms with Gasteiger partial charge in [0.25, 0.3) is 0 Å². The summed E-state index contributed by atoms with van der Waals surface area (Å²) in [6.07, 6.45) is 1.43. The molecule has 1 fully saturated rings. The van der Waals surface area contributed by atoms with Gasteiger partial charge in [-0.3, -0.25) is 0 Å². The number of carboxylic acid groups (broad SMARTS) is 1. The molecule has 1 atom stereocenters. The zero-order chi connectivity index (χ0) is 11.7. The maximum atomic E-state index is 11.0. The molecule has 1 aliphatic rings. The fourth-order valence-corrected chi connectivity index (χ4v) is 2.28. The first-order chi connectivity index (χ1) is 7.61. The minimum absolute atomic E-state index is 0.0183. The van der Waals surface area contributed by atoms with Crippen molar-refractivity contribution in [2.45, 2.75) is 18.9 Å². The quantitative estimate of drug-likeness (QED) is 0.833. The van der Waals surface area contributed by atoms with E-state index in [2.05, 4.69) is 0 Å². The molecule has 0 amide bonds. The van der Waals surface area contributed by atoms with Crippen LogP contribution in [0.3, 0.4) is 0 Å². The summed E-state index contributed by atoms with van der Waals surface area (Å²) in [6.45, 7) is 0.653. The van der Waals surface area contributed by atoms with Gasteiger partial charge in [0, 0.05) is 6.54 Å². The maximum Gasteiger partial charge on any atom is 0.326 e. The van der Waals surface area contributed by atoms with Crippen LogP contribution in [-0.2, 0) is 4.79 Å². The van der Waals surface area contributed by atoms with Crippen LogP contribution in [0.2, 0.25) is 5.02 Å². The number of phenols is 1. The largest absolute Gasteiger partial charge is 0.506 e. The average Bonchev–Trinajstić information content (AvgIpc) is 2.70. The Balaban J connectivity index is 2.36. The van der Waals surface area contributed by atoms with Crippen LogP contribution in [0.25, 0.3) is 0 Å². The van der Waals surface area contributed by atoms with Gasteiger partial charge >= 0.3 is 5.97 Å². The van der Waals surface area contributed by atoms with E-state index in [0.717, 1.165) is 6.42 Å². The van der Waals surface area contributed by atoms with Crippen molar-refractivity contribution in [1.82, 2.24) is 0 Å². The highest BCUT2D eigenvalue weighted by Gasteiger charge is 2.31. The van der Waals surface area contributed by atoms with Crippen LogP contribution in [0.4, 0.5) is 5.69 Å². The Labute approximate surface area is 98.1 Å². The summed E-state index contributed by atoms with van der Waals surface area (Å²) in [5, 5.41) is 18.8. The van der Waals surface area contributed by atoms with Crippen LogP contribution in [0.1, 0.15) is 12.8 Å². The molecular formula is C11H12ClNO3. The molecule has 0 aliphatic carbocycles. The van der Waals surface area contributed by atoms with Crippen LogP contribution in [0.5, 0.6) is 5.75 Å². The monoisotopic (exact) mass is 241 g/mol. The summed E-state index contributed by atoms with van der Waals surface area (Å²) in [7, 11) is 0. The van der Waals surface area contributed by atoms with Gasteiger partial charge in [0.05, 0.1) is 5.69 Å². The number of phenolic OH excluding ortho intramolecular Hbond substituents is 1. The first kappa shape index (κ1) is 11.1. The predicted molar refractivity (Wildman–Crippen MR) is 61.1 cm³/mol. The molecule has 4 nitrogen and oxygen atoms in total. The van der Waals surface area contributed by atoms with Crippen molar-refractivity contribution >= 4 is 23.3 Å². The minimum Gasteiger partial charge on any atom is -0.506 e. The van der Waals surface area contributed by atoms with Crippen molar-refractivity contribution < 1.29 is 15.0 Å². The van der Waals surface area contributed by atoms with Crippen molar-refractivity contribution in [1.29, 1.82) is 0 Å². The normalized spacial score (nSPS) is 20.1. The van der Waals surface area contributed by atoms with Crippen molar-refractivity contribution in [2.24, 2.45) is 0 Å². The molecular weight excluding hydrogens is 230 g/mol. The lowest BCUT2D eigenvalue weighted by Gasteiger charge is -2.24. The van der Waals surface area contributed by atoms with Gasteiger partial charge in [0.1, 0.15) is 16.8 Å². The van der Waals surface area contributed by atoms with Gasteiger partial charge in [0.2, 0.25) is 0 Å². The highest BCUT2D eigenvalue weighted by molar-refractivity contribution is 6.34. The van der Waals surface area contributed by atoms with Crippen molar-refractivity contribution in [2.75, 3.05) is 11.4 Å². The Kier molecular flexibility index (Phi) is 2.92. The summed E-state index contributed by atoms with van der Waals surface area (Å²) in [4.78, 5) is 12.8. The van der Waals surface area contributed by atoms with Gasteiger partial charge in [-0.05, 0) is 25.0 Å². The summed E-state index contributed by atoms with van der Waals surface area (Å²) in [5.74, 6) is -0.868. The molecule has 0 saturated carbocycles. The highest BCUT2D eigenvalue weighted by Crippen LogP contribution is 2.36. The topological polar surface area (TPSA) is 60.8 Å². The van der Waals surface area contributed by atoms with E-state index in [9.17, 15) is 9.90 Å². The molecule has 2 N–H and O–H groups in total. The third-order valence-corrected chi connectivity index (χ3v) is 3.19. The van der Waals surface area contributed by atoms with Crippen LogP contribution >= 0.6 is 11.6 Å². The summed E-state index contributed by atoms with van der Waals surface area (Å²) >= 11 is 5.96. The maximum absolute atomic E-state index is 11.0. The molecule has 2 rings (SSSR count). The van der Waals surface area contributed by atoms with E-state index in [-0.39, 0.29) is 10.8 Å². The Morgan fingerprint density at radius 2 is 2.25 bits per heavy atom. The lowest BCUT2D eigenvalue weighted by Crippen LogP contribution is -2.36. The van der Waals surface area contributed by atoms with E-state index in [4.69, 9.17) is 16.7 Å². The number of rotatable bonds is 2. The summed E-state index contributed by atoms with van der Waals surface area (Å²) < 4.78 is 0. The molecule has 1 aromatic rings. The van der Waals surface area contributed by atoms with Crippen LogP contribution < -0.4 is 4.90 Å². The lowest BCUT2D eigenvalue weighted by atomic mass is 10.2. The summed E-state index contributed by atoms with van der Waals surface area (Å²) in [5.41, 5.74) is 0.589. The number of anilines is 1. The molecule has 86 valence electrons. The number of benzene rings is 1. The fraction of sp³-hybridized carbons (Fsp3) is 0.364. The first-order valence-electron chi connectivity index (χ1n) is 5.08. The van der Waals surface area contributed by atoms with Crippen molar-refractivity contribution in [3.05, 3.63) is 23.2 Å². The number of hydrogen-bond donors (Lipinski definition) is 2. The number of carbonyl (C=O) groups is 1. The van der Waals surface area contributed by atoms with Crippen LogP contribution in [0.15, 0.2) is 18.2 Å². The third-order valence-electron chi connectivity index (χ3n) is 2.81. The molecule has 1 aliphatic heterocycles. The average molecular weight is 242 g/mol. The smallest absolute Gasteiger partial charge is 0.326 e. The molecule has 16 heavy (non-hydrogen) atoms. The zero-order valence-electron chi connectivity index (χ0n) is 8.56. The number of aliphatic carboxylic acids is 1. The molecule has 0 spiro atoms. The third kappa shape index (κ3) is 1.80. The standard InChI is InChI=1S/C11H12ClNO3/c12-10-7(3-1-5-9(10)14)13-6-2-4-8(13)11(15)16/h1,3,5,8,14H,2,4,6H2,(H,15,16)/t8-/m0/s1. The number of nitrogens with zero attached hydrogens (tertiary/aromatic N) is 1. The summed E-state index contributed by atoms with van der Waals surface area (Å²) in [6, 6.07) is 4.33. The van der Waals surface area contributed by atoms with E-state index in [0.29, 0.717) is 18.7 Å². The molecule has 1 saturated heterocycles. The Morgan fingerprint density at radius 1 is 1.50 bits per heavy atom. The molecule has 5 heteroatoms. The predicted octanol–water partition coefficient (Wildman–Crippen LogP) is 2.10. The molecule has 0 aromatic heterocycles. The first-order valence-corrected chi connectivity index (χ1v) is 5.46. The van der Waals surface area contributed by atoms with Gasteiger partial charge < -0.3 is 15.1 Å². The van der Waals surface area contributed by atoms with Gasteiger partial charge in [-0.25, -0.2) is 4.79 Å². The van der Waals surface area contributed by atoms with Gasteiger partial charge in [-0.15, -0.1) is 0 Å². The second kappa shape index (κ2) is 4.22.